The highest BCUT2D eigenvalue weighted by Gasteiger charge is 2.31. The number of hydrogen-bond acceptors (Lipinski definition) is 9. The highest BCUT2D eigenvalue weighted by atomic mass is 32.3. The number of nitrogens with one attached hydrogen (secondary N) is 1. The summed E-state index contributed by atoms with van der Waals surface area (Å²) in [7, 11) is 2.20. The molecule has 0 spiro atoms. The fourth-order valence-corrected chi connectivity index (χ4v) is 9.21. The lowest BCUT2D eigenvalue weighted by Gasteiger charge is -2.21. The van der Waals surface area contributed by atoms with E-state index >= 15 is 0 Å². The largest absolute Gasteiger partial charge is 0.366 e. The number of hydrogen-bond donors (Lipinski definition) is 1. The Morgan fingerprint density at radius 2 is 1.55 bits per heavy atom. The van der Waals surface area contributed by atoms with E-state index in [9.17, 15) is 0 Å². The maximum absolute atomic E-state index is 6.11. The Hall–Kier alpha value is -1.34. The van der Waals surface area contributed by atoms with Gasteiger partial charge in [-0.3, -0.25) is 4.57 Å². The molecule has 1 aromatic heterocycles. The van der Waals surface area contributed by atoms with Gasteiger partial charge in [0.05, 0.1) is 0 Å². The predicted octanol–water partition coefficient (Wildman–Crippen LogP) is 10.1. The Morgan fingerprint density at radius 3 is 2.17 bits per heavy atom. The molecule has 1 N–H and O–H groups in total. The van der Waals surface area contributed by atoms with E-state index in [1.54, 1.807) is 35.8 Å². The van der Waals surface area contributed by atoms with Gasteiger partial charge < -0.3 is 14.8 Å². The fraction of sp³-hybridized carbons (Fsp3) is 0.379. The van der Waals surface area contributed by atoms with Gasteiger partial charge in [0.1, 0.15) is 20.1 Å². The molecule has 0 amide bonds. The van der Waals surface area contributed by atoms with E-state index < -0.39 is 0 Å². The summed E-state index contributed by atoms with van der Waals surface area (Å²) in [5.74, 6) is 3.82. The van der Waals surface area contributed by atoms with Crippen molar-refractivity contribution in [1.82, 2.24) is 17.1 Å². The molecule has 11 heteroatoms. The van der Waals surface area contributed by atoms with Gasteiger partial charge in [-0.2, -0.15) is 0 Å². The number of rotatable bonds is 14. The molecule has 40 heavy (non-hydrogen) atoms. The minimum Gasteiger partial charge on any atom is -0.366 e. The van der Waals surface area contributed by atoms with Crippen molar-refractivity contribution in [2.24, 2.45) is 0 Å². The number of aromatic nitrogens is 2. The first-order valence-corrected chi connectivity index (χ1v) is 17.8. The van der Waals surface area contributed by atoms with E-state index in [1.807, 2.05) is 11.8 Å². The minimum atomic E-state index is 0.869. The molecule has 0 saturated heterocycles. The molecule has 0 unspecified atom stereocenters. The van der Waals surface area contributed by atoms with Crippen LogP contribution in [0.1, 0.15) is 46.5 Å². The molecular formula is C29H39N5S6. The van der Waals surface area contributed by atoms with E-state index in [1.165, 1.54) is 27.9 Å². The van der Waals surface area contributed by atoms with Crippen LogP contribution in [0.4, 0.5) is 5.69 Å². The summed E-state index contributed by atoms with van der Waals surface area (Å²) in [6, 6.07) is 21.0. The van der Waals surface area contributed by atoms with E-state index in [0.717, 1.165) is 52.9 Å². The van der Waals surface area contributed by atoms with Crippen LogP contribution in [0.15, 0.2) is 80.8 Å². The molecule has 0 fully saturated rings. The summed E-state index contributed by atoms with van der Waals surface area (Å²) in [6.45, 7) is 8.65. The van der Waals surface area contributed by atoms with Crippen LogP contribution in [0.2, 0.25) is 0 Å². The lowest BCUT2D eigenvalue weighted by Crippen LogP contribution is -2.18. The number of imidazole rings is 1. The van der Waals surface area contributed by atoms with Crippen molar-refractivity contribution >= 4 is 83.6 Å². The maximum Gasteiger partial charge on any atom is 0.186 e. The van der Waals surface area contributed by atoms with Crippen molar-refractivity contribution in [3.05, 3.63) is 75.5 Å². The Balaban J connectivity index is 0.00000216. The molecule has 216 valence electrons. The molecule has 2 aromatic carbocycles. The highest BCUT2D eigenvalue weighted by molar-refractivity contribution is 8.30. The van der Waals surface area contributed by atoms with Crippen molar-refractivity contribution in [1.29, 1.82) is 0 Å². The highest BCUT2D eigenvalue weighted by Crippen LogP contribution is 2.53. The Bertz CT molecular complexity index is 1280. The molecule has 1 aliphatic rings. The SMILES string of the molecule is C=S.CCCCN(C)C1=C(Nc2ccccc2)SN(Sc2c(SCC)n(-c3ccccc3)c(=S)n2CCCC)S1. The lowest BCUT2D eigenvalue weighted by molar-refractivity contribution is 0.431. The molecule has 0 radical (unpaired) electrons. The molecule has 0 bridgehead atoms. The number of anilines is 1. The zero-order valence-corrected chi connectivity index (χ0v) is 28.6. The van der Waals surface area contributed by atoms with Gasteiger partial charge in [-0.25, -0.2) is 0 Å². The van der Waals surface area contributed by atoms with E-state index in [4.69, 9.17) is 12.2 Å². The van der Waals surface area contributed by atoms with Crippen molar-refractivity contribution in [3.63, 3.8) is 0 Å². The molecule has 3 aromatic rings. The first kappa shape index (κ1) is 33.2. The number of para-hydroxylation sites is 2. The van der Waals surface area contributed by atoms with Crippen molar-refractivity contribution in [2.75, 3.05) is 24.7 Å². The summed E-state index contributed by atoms with van der Waals surface area (Å²) in [5, 5.41) is 8.54. The molecule has 4 rings (SSSR count). The van der Waals surface area contributed by atoms with Gasteiger partial charge >= 0.3 is 0 Å². The molecule has 0 aliphatic carbocycles. The van der Waals surface area contributed by atoms with Gasteiger partial charge in [-0.1, -0.05) is 82.2 Å². The summed E-state index contributed by atoms with van der Waals surface area (Å²) >= 11 is 17.2. The average Bonchev–Trinajstić information content (AvgIpc) is 3.50. The first-order chi connectivity index (χ1) is 19.6. The third kappa shape index (κ3) is 8.59. The third-order valence-corrected chi connectivity index (χ3v) is 11.1. The quantitative estimate of drug-likeness (QED) is 0.104. The second-order valence-corrected chi connectivity index (χ2v) is 14.0. The standard InChI is InChI=1S/C28H37N5S5.CH2S/c1-5-8-20-30(4)25-24(29-22-16-12-10-13-17-22)36-33(37-25)38-26-27(35-7-3)32(23-18-14-11-15-19-23)28(34)31(26)21-9-6-2;1-2/h10-19,29H,5-9,20-21H2,1-4H3;1H2. The molecule has 0 saturated carbocycles. The maximum atomic E-state index is 6.11. The van der Waals surface area contributed by atoms with E-state index in [0.29, 0.717) is 0 Å². The molecule has 1 aliphatic heterocycles. The minimum absolute atomic E-state index is 0.869. The van der Waals surface area contributed by atoms with Gasteiger partial charge in [-0.05, 0) is 60.9 Å². The first-order valence-electron chi connectivity index (χ1n) is 13.5. The number of thiocarbonyl (C=S) groups is 1. The second-order valence-electron chi connectivity index (χ2n) is 8.90. The number of thioether (sulfide) groups is 1. The van der Waals surface area contributed by atoms with Crippen LogP contribution in [-0.4, -0.2) is 42.4 Å². The van der Waals surface area contributed by atoms with Crippen LogP contribution in [-0.2, 0) is 6.54 Å². The third-order valence-electron chi connectivity index (χ3n) is 5.99. The van der Waals surface area contributed by atoms with Gasteiger partial charge in [0.15, 0.2) is 4.77 Å². The second kappa shape index (κ2) is 17.6. The summed E-state index contributed by atoms with van der Waals surface area (Å²) in [5.41, 5.74) is 2.23. The number of unbranched alkanes of at least 4 members (excludes halogenated alkanes) is 2. The van der Waals surface area contributed by atoms with E-state index in [-0.39, 0.29) is 0 Å². The van der Waals surface area contributed by atoms with E-state index in [2.05, 4.69) is 129 Å². The number of benzene rings is 2. The molecule has 0 atom stereocenters. The van der Waals surface area contributed by atoms with Crippen molar-refractivity contribution < 1.29 is 0 Å². The Kier molecular flexibility index (Phi) is 14.6. The van der Waals surface area contributed by atoms with Crippen LogP contribution in [0, 0.1) is 4.77 Å². The summed E-state index contributed by atoms with van der Waals surface area (Å²) < 4.78 is 7.80. The van der Waals surface area contributed by atoms with Crippen molar-refractivity contribution in [2.45, 2.75) is 63.1 Å². The van der Waals surface area contributed by atoms with Crippen LogP contribution in [0.3, 0.4) is 0 Å². The summed E-state index contributed by atoms with van der Waals surface area (Å²) in [4.78, 5) is 2.38. The molecule has 5 nitrogen and oxygen atoms in total. The van der Waals surface area contributed by atoms with Gasteiger partial charge in [0.25, 0.3) is 0 Å². The summed E-state index contributed by atoms with van der Waals surface area (Å²) in [6.07, 6.45) is 4.58. The average molecular weight is 650 g/mol. The number of nitrogens with zero attached hydrogens (tertiary/aromatic N) is 4. The van der Waals surface area contributed by atoms with Gasteiger partial charge in [-0.15, -0.1) is 14.9 Å². The van der Waals surface area contributed by atoms with Gasteiger partial charge in [0.2, 0.25) is 0 Å². The molecule has 2 heterocycles. The predicted molar refractivity (Wildman–Crippen MR) is 188 cm³/mol. The topological polar surface area (TPSA) is 28.4 Å². The Labute approximate surface area is 267 Å². The van der Waals surface area contributed by atoms with Crippen LogP contribution < -0.4 is 5.32 Å². The zero-order chi connectivity index (χ0) is 28.9. The normalized spacial score (nSPS) is 13.3. The zero-order valence-electron chi connectivity index (χ0n) is 23.7. The fourth-order valence-electron chi connectivity index (χ4n) is 4.00. The van der Waals surface area contributed by atoms with Crippen LogP contribution in [0.25, 0.3) is 5.69 Å². The van der Waals surface area contributed by atoms with Crippen LogP contribution >= 0.6 is 72.0 Å². The Morgan fingerprint density at radius 1 is 0.900 bits per heavy atom. The smallest absolute Gasteiger partial charge is 0.186 e. The monoisotopic (exact) mass is 649 g/mol. The lowest BCUT2D eigenvalue weighted by atomic mass is 10.3. The van der Waals surface area contributed by atoms with Gasteiger partial charge in [0, 0.05) is 67.4 Å². The van der Waals surface area contributed by atoms with Crippen LogP contribution in [0.5, 0.6) is 0 Å². The molecular weight excluding hydrogens is 611 g/mol. The van der Waals surface area contributed by atoms with Crippen molar-refractivity contribution in [3.8, 4) is 5.69 Å².